The topological polar surface area (TPSA) is 380 Å². The summed E-state index contributed by atoms with van der Waals surface area (Å²) in [4.78, 5) is 119. The number of aryl methyl sites for hydroxylation is 1. The first kappa shape index (κ1) is 77.4. The molecule has 15 rings (SSSR count). The van der Waals surface area contributed by atoms with Crippen LogP contribution >= 0.6 is 0 Å². The van der Waals surface area contributed by atoms with E-state index < -0.39 is 217 Å². The molecule has 588 valence electrons. The fourth-order valence-corrected chi connectivity index (χ4v) is 15.7. The van der Waals surface area contributed by atoms with Gasteiger partial charge in [-0.3, -0.25) is 60.7 Å². The van der Waals surface area contributed by atoms with E-state index in [2.05, 4.69) is 51.9 Å². The lowest BCUT2D eigenvalue weighted by atomic mass is 9.65. The maximum atomic E-state index is 13.9. The van der Waals surface area contributed by atoms with Crippen LogP contribution in [0.3, 0.4) is 0 Å². The van der Waals surface area contributed by atoms with Gasteiger partial charge in [0.25, 0.3) is 5.89 Å². The third-order valence-corrected chi connectivity index (χ3v) is 20.5. The zero-order chi connectivity index (χ0) is 79.9. The lowest BCUT2D eigenvalue weighted by Crippen LogP contribution is -2.76. The molecule has 0 aliphatic carbocycles. The summed E-state index contributed by atoms with van der Waals surface area (Å²) in [7, 11) is 0. The predicted molar refractivity (Wildman–Crippen MR) is 339 cm³/mol. The number of morpholine rings is 3. The van der Waals surface area contributed by atoms with Gasteiger partial charge >= 0.3 is 55.1 Å². The van der Waals surface area contributed by atoms with E-state index in [4.69, 9.17) is 27.5 Å². The first-order valence-electron chi connectivity index (χ1n) is 33.6. The fourth-order valence-electron chi connectivity index (χ4n) is 15.7. The Kier molecular flexibility index (Phi) is 19.2. The smallest absolute Gasteiger partial charge is 0.421 e. The molecule has 3 spiro atoms. The molecule has 9 aliphatic heterocycles. The van der Waals surface area contributed by atoms with Gasteiger partial charge < -0.3 is 42.2 Å². The molecule has 6 saturated heterocycles. The Hall–Kier alpha value is -10.8. The van der Waals surface area contributed by atoms with Crippen molar-refractivity contribution in [1.29, 1.82) is 0 Å². The molecule has 9 aliphatic rings. The van der Waals surface area contributed by atoms with Gasteiger partial charge in [0, 0.05) is 40.7 Å². The normalized spacial score (nSPS) is 25.4. The molecule has 6 fully saturated rings. The van der Waals surface area contributed by atoms with E-state index in [-0.39, 0.29) is 58.3 Å². The van der Waals surface area contributed by atoms with E-state index in [1.165, 1.54) is 51.1 Å². The monoisotopic (exact) mass is 1570 g/mol. The quantitative estimate of drug-likeness (QED) is 0.0659. The Morgan fingerprint density at radius 2 is 0.700 bits per heavy atom. The highest BCUT2D eigenvalue weighted by atomic mass is 19.4. The van der Waals surface area contributed by atoms with E-state index in [0.717, 1.165) is 0 Å². The number of nitrogens with zero attached hydrogens (tertiary/aromatic N) is 9. The molecule has 6 aromatic rings. The van der Waals surface area contributed by atoms with E-state index in [1.807, 2.05) is 10.6 Å². The van der Waals surface area contributed by atoms with E-state index in [0.29, 0.717) is 22.7 Å². The minimum Gasteiger partial charge on any atom is -0.421 e. The number of carbonyl (C=O) groups excluding carboxylic acids is 9. The SMILES string of the molecule is CC(C)[C@@H]1O[C@H](C(F)(F)F)CN2c3ccc(-c4nnc(C(F)(F)F)o4)cc3CC3(C(=O)NC(=O)NC3=O)[C@@H]12.CC(C)[C@@H]1O[C@H](C(F)(F)F)CN2c3ccc(-c4nnc(C(F)F)o4)cc3CC3(C(=O)NC(=O)NC3=O)[C@@H]12.Cc1nnc(-c2ccc3c(c2)CC2(C(=O)NC(=O)NC2=O)[C@H]2[C@H](C(C)C)O[C@H](C(F)(F)F)CN32)o1. The second-order valence-corrected chi connectivity index (χ2v) is 28.4. The van der Waals surface area contributed by atoms with Crippen molar-refractivity contribution in [2.45, 2.75) is 154 Å². The van der Waals surface area contributed by atoms with E-state index in [9.17, 15) is 105 Å². The summed E-state index contributed by atoms with van der Waals surface area (Å²) < 4.78 is 221. The largest absolute Gasteiger partial charge is 0.470 e. The zero-order valence-corrected chi connectivity index (χ0v) is 57.9. The highest BCUT2D eigenvalue weighted by Crippen LogP contribution is 2.54. The molecule has 0 unspecified atom stereocenters. The molecule has 0 radical (unpaired) electrons. The molecule has 3 aromatic heterocycles. The van der Waals surface area contributed by atoms with Crippen LogP contribution in [0.5, 0.6) is 0 Å². The summed E-state index contributed by atoms with van der Waals surface area (Å²) in [5.41, 5.74) is -3.68. The van der Waals surface area contributed by atoms with Crippen LogP contribution in [0.15, 0.2) is 67.8 Å². The second kappa shape index (κ2) is 27.3. The molecular formula is C66H61F14N15O15. The average molecular weight is 1570 g/mol. The number of benzene rings is 3. The molecule has 12 heterocycles. The molecule has 9 atom stereocenters. The molecule has 6 N–H and O–H groups in total. The number of urea groups is 3. The molecule has 3 aromatic carbocycles. The number of halogens is 14. The van der Waals surface area contributed by atoms with Gasteiger partial charge in [0.05, 0.1) is 56.1 Å². The number of ether oxygens (including phenoxy) is 3. The first-order valence-corrected chi connectivity index (χ1v) is 33.6. The third kappa shape index (κ3) is 13.3. The molecular weight excluding hydrogens is 1510 g/mol. The van der Waals surface area contributed by atoms with Gasteiger partial charge in [0.1, 0.15) is 0 Å². The summed E-state index contributed by atoms with van der Waals surface area (Å²) in [6.07, 6.45) is -33.3. The second-order valence-electron chi connectivity index (χ2n) is 28.4. The van der Waals surface area contributed by atoms with Gasteiger partial charge in [0.2, 0.25) is 59.0 Å². The number of rotatable bonds is 7. The van der Waals surface area contributed by atoms with E-state index >= 15 is 0 Å². The Morgan fingerprint density at radius 3 is 0.955 bits per heavy atom. The van der Waals surface area contributed by atoms with Crippen LogP contribution in [0.2, 0.25) is 0 Å². The van der Waals surface area contributed by atoms with Crippen molar-refractivity contribution in [3.63, 3.8) is 0 Å². The molecule has 44 heteroatoms. The van der Waals surface area contributed by atoms with Crippen molar-refractivity contribution in [2.75, 3.05) is 34.3 Å². The minimum absolute atomic E-state index is 0.0194. The number of imide groups is 6. The molecule has 30 nitrogen and oxygen atoms in total. The number of nitrogens with one attached hydrogen (secondary N) is 6. The van der Waals surface area contributed by atoms with Crippen molar-refractivity contribution in [3.8, 4) is 34.4 Å². The van der Waals surface area contributed by atoms with Crippen LogP contribution in [-0.4, -0.2) is 177 Å². The lowest BCUT2D eigenvalue weighted by molar-refractivity contribution is -0.250. The Bertz CT molecular complexity index is 4690. The highest BCUT2D eigenvalue weighted by molar-refractivity contribution is 6.22. The van der Waals surface area contributed by atoms with Gasteiger partial charge in [-0.1, -0.05) is 41.5 Å². The molecule has 110 heavy (non-hydrogen) atoms. The van der Waals surface area contributed by atoms with Gasteiger partial charge in [-0.25, -0.2) is 14.4 Å². The highest BCUT2D eigenvalue weighted by Gasteiger charge is 2.70. The van der Waals surface area contributed by atoms with Crippen LogP contribution in [-0.2, 0) is 68.4 Å². The van der Waals surface area contributed by atoms with Gasteiger partial charge in [-0.05, 0) is 108 Å². The fraction of sp³-hybridized carbons (Fsp3) is 0.500. The van der Waals surface area contributed by atoms with Crippen LogP contribution < -0.4 is 46.6 Å². The van der Waals surface area contributed by atoms with Crippen LogP contribution in [0.1, 0.15) is 82.3 Å². The molecule has 12 amide bonds. The van der Waals surface area contributed by atoms with Crippen LogP contribution in [0.25, 0.3) is 34.4 Å². The summed E-state index contributed by atoms with van der Waals surface area (Å²) in [5, 5.41) is 33.4. The number of alkyl halides is 14. The van der Waals surface area contributed by atoms with Crippen molar-refractivity contribution in [1.82, 2.24) is 62.5 Å². The van der Waals surface area contributed by atoms with Crippen molar-refractivity contribution in [2.24, 2.45) is 34.0 Å². The Morgan fingerprint density at radius 1 is 0.409 bits per heavy atom. The summed E-state index contributed by atoms with van der Waals surface area (Å²) >= 11 is 0. The number of carbonyl (C=O) groups is 9. The van der Waals surface area contributed by atoms with Gasteiger partial charge in [-0.15, -0.1) is 30.6 Å². The van der Waals surface area contributed by atoms with Crippen LogP contribution in [0.4, 0.5) is 92.9 Å². The van der Waals surface area contributed by atoms with Crippen molar-refractivity contribution in [3.05, 3.63) is 89.0 Å². The van der Waals surface area contributed by atoms with Crippen LogP contribution in [0, 0.1) is 40.9 Å². The molecule has 0 saturated carbocycles. The van der Waals surface area contributed by atoms with Crippen molar-refractivity contribution >= 4 is 70.6 Å². The Labute approximate surface area is 608 Å². The lowest BCUT2D eigenvalue weighted by Gasteiger charge is -2.57. The zero-order valence-electron chi connectivity index (χ0n) is 57.9. The van der Waals surface area contributed by atoms with Gasteiger partial charge in [0.15, 0.2) is 34.6 Å². The summed E-state index contributed by atoms with van der Waals surface area (Å²) in [5.74, 6) is -10.3. The van der Waals surface area contributed by atoms with E-state index in [1.54, 1.807) is 66.7 Å². The number of fused-ring (bicyclic) bond motifs is 12. The number of barbiturate groups is 3. The first-order chi connectivity index (χ1) is 51.4. The number of aromatic nitrogens is 6. The summed E-state index contributed by atoms with van der Waals surface area (Å²) in [6, 6.07) is 6.35. The average Bonchev–Trinajstić information content (AvgIpc) is 0.903. The molecule has 0 bridgehead atoms. The number of hydrogen-bond acceptors (Lipinski definition) is 24. The predicted octanol–water partition coefficient (Wildman–Crippen LogP) is 7.68. The maximum Gasteiger partial charge on any atom is 0.470 e. The Balaban J connectivity index is 0.000000145. The number of anilines is 3. The minimum atomic E-state index is -4.91. The third-order valence-electron chi connectivity index (χ3n) is 20.5. The number of amides is 12. The van der Waals surface area contributed by atoms with Crippen molar-refractivity contribution < 1.29 is 132 Å². The maximum absolute atomic E-state index is 13.9. The summed E-state index contributed by atoms with van der Waals surface area (Å²) in [6.45, 7) is 9.16. The number of hydrogen-bond donors (Lipinski definition) is 6. The van der Waals surface area contributed by atoms with Gasteiger partial charge in [-0.2, -0.15) is 61.5 Å². The standard InChI is InChI=1S/C22H19F6N5O5.C22H20F5N5O5.C22H22F3N5O5/c1-8(2)13-14-20(16(34)29-19(36)30-17(20)35)6-10-5-9(15-31-32-18(38-15)22(26,27)28)3-4-11(10)33(14)7-12(37-13)21(23,24)25;1-8(2)13-14-21(18(33)28-20(35)29-19(21)34)6-10-5-9(16-30-31-17(37-16)15(23)24)3-4-11(10)32(14)7-12(36-13)22(25,26)27;1-9(2)15-16-21(18(31)26-20(33)27-19(21)32)7-12-6-11(17-29-28-10(3)34-17)4-5-13(12)30(16)8-14(35-15)22(23,24)25/h3-5,8,12-14H,6-7H2,1-2H3,(H2,29,30,34,35,36);3-5,8,12-15H,6-7H2,1-2H3,(H2,28,29,33,34,35);4-6,9,14-16H,7-8H2,1-3H3,(H2,26,27,31,32,33)/t2*12-,13-,14+;14-,15-,16+/m000/s1.